The summed E-state index contributed by atoms with van der Waals surface area (Å²) in [5.41, 5.74) is 0.661. The highest BCUT2D eigenvalue weighted by atomic mass is 16.5. The molecule has 0 heterocycles. The van der Waals surface area contributed by atoms with Crippen LogP contribution in [0.5, 0.6) is 11.5 Å². The normalized spacial score (nSPS) is 8.75. The van der Waals surface area contributed by atoms with Gasteiger partial charge in [0.15, 0.2) is 0 Å². The highest BCUT2D eigenvalue weighted by molar-refractivity contribution is 5.70. The molecule has 1 aromatic rings. The Hall–Kier alpha value is -1.71. The predicted octanol–water partition coefficient (Wildman–Crippen LogP) is 2.36. The molecule has 1 N–H and O–H groups in total. The van der Waals surface area contributed by atoms with Gasteiger partial charge in [-0.05, 0) is 17.7 Å². The zero-order valence-electron chi connectivity index (χ0n) is 10.1. The van der Waals surface area contributed by atoms with Crippen LogP contribution in [0.4, 0.5) is 0 Å². The van der Waals surface area contributed by atoms with Crippen molar-refractivity contribution in [2.75, 3.05) is 14.2 Å². The van der Waals surface area contributed by atoms with E-state index in [2.05, 4.69) is 0 Å². The first-order valence-corrected chi connectivity index (χ1v) is 5.09. The van der Waals surface area contributed by atoms with Gasteiger partial charge in [0, 0.05) is 6.07 Å². The highest BCUT2D eigenvalue weighted by Gasteiger charge is 2.05. The molecule has 1 rings (SSSR count). The number of ether oxygens (including phenoxy) is 2. The number of hydrogen-bond donors (Lipinski definition) is 1. The van der Waals surface area contributed by atoms with Crippen molar-refractivity contribution < 1.29 is 19.4 Å². The lowest BCUT2D eigenvalue weighted by Crippen LogP contribution is -2.00. The van der Waals surface area contributed by atoms with Crippen LogP contribution in [0.15, 0.2) is 18.2 Å². The van der Waals surface area contributed by atoms with Gasteiger partial charge < -0.3 is 14.6 Å². The zero-order chi connectivity index (χ0) is 12.6. The van der Waals surface area contributed by atoms with E-state index < -0.39 is 5.97 Å². The third-order valence-electron chi connectivity index (χ3n) is 1.77. The van der Waals surface area contributed by atoms with Crippen molar-refractivity contribution in [2.24, 2.45) is 0 Å². The zero-order valence-corrected chi connectivity index (χ0v) is 10.1. The Kier molecular flexibility index (Phi) is 6.76. The summed E-state index contributed by atoms with van der Waals surface area (Å²) in [6, 6.07) is 5.05. The number of methoxy groups -OCH3 is 2. The second-order valence-electron chi connectivity index (χ2n) is 2.79. The van der Waals surface area contributed by atoms with Crippen LogP contribution >= 0.6 is 0 Å². The van der Waals surface area contributed by atoms with Crippen molar-refractivity contribution in [3.05, 3.63) is 23.8 Å². The molecule has 16 heavy (non-hydrogen) atoms. The lowest BCUT2D eigenvalue weighted by atomic mass is 10.1. The Morgan fingerprint density at radius 2 is 1.56 bits per heavy atom. The number of carboxylic acid groups (broad SMARTS) is 1. The van der Waals surface area contributed by atoms with Crippen LogP contribution in [0.1, 0.15) is 19.4 Å². The van der Waals surface area contributed by atoms with Crippen LogP contribution < -0.4 is 9.47 Å². The number of benzene rings is 1. The Labute approximate surface area is 95.8 Å². The van der Waals surface area contributed by atoms with E-state index in [1.165, 1.54) is 14.2 Å². The third kappa shape index (κ3) is 4.68. The maximum atomic E-state index is 10.5. The van der Waals surface area contributed by atoms with E-state index in [-0.39, 0.29) is 6.42 Å². The Bertz CT molecular complexity index is 312. The molecular formula is C12H18O4. The largest absolute Gasteiger partial charge is 0.497 e. The molecule has 4 nitrogen and oxygen atoms in total. The summed E-state index contributed by atoms with van der Waals surface area (Å²) in [5, 5.41) is 8.61. The average Bonchev–Trinajstić information content (AvgIpc) is 2.30. The Morgan fingerprint density at radius 3 is 1.88 bits per heavy atom. The number of rotatable bonds is 4. The molecule has 0 saturated heterocycles. The van der Waals surface area contributed by atoms with E-state index in [9.17, 15) is 4.79 Å². The van der Waals surface area contributed by atoms with Crippen LogP contribution in [0.3, 0.4) is 0 Å². The topological polar surface area (TPSA) is 55.8 Å². The summed E-state index contributed by atoms with van der Waals surface area (Å²) in [5.74, 6) is 0.321. The van der Waals surface area contributed by atoms with Gasteiger partial charge in [-0.15, -0.1) is 0 Å². The molecule has 0 aromatic heterocycles. The van der Waals surface area contributed by atoms with E-state index >= 15 is 0 Å². The minimum absolute atomic E-state index is 0.0342. The molecule has 0 fully saturated rings. The van der Waals surface area contributed by atoms with Crippen LogP contribution in [0.25, 0.3) is 0 Å². The molecule has 0 aliphatic carbocycles. The first kappa shape index (κ1) is 14.3. The second-order valence-corrected chi connectivity index (χ2v) is 2.79. The summed E-state index contributed by atoms with van der Waals surface area (Å²) >= 11 is 0. The predicted molar refractivity (Wildman–Crippen MR) is 62.2 cm³/mol. The summed E-state index contributed by atoms with van der Waals surface area (Å²) < 4.78 is 10.0. The maximum Gasteiger partial charge on any atom is 0.307 e. The van der Waals surface area contributed by atoms with E-state index in [1.54, 1.807) is 18.2 Å². The fourth-order valence-corrected chi connectivity index (χ4v) is 1.14. The molecule has 0 atom stereocenters. The van der Waals surface area contributed by atoms with Crippen LogP contribution in [-0.2, 0) is 11.2 Å². The average molecular weight is 226 g/mol. The lowest BCUT2D eigenvalue weighted by Gasteiger charge is -2.06. The van der Waals surface area contributed by atoms with Gasteiger partial charge in [0.25, 0.3) is 0 Å². The summed E-state index contributed by atoms with van der Waals surface area (Å²) in [6.45, 7) is 4.00. The minimum atomic E-state index is -0.875. The molecule has 1 aromatic carbocycles. The van der Waals surface area contributed by atoms with Crippen LogP contribution in [0, 0.1) is 0 Å². The standard InChI is InChI=1S/C10H12O4.C2H6/c1-13-8-3-7(5-10(11)12)4-9(6-8)14-2;1-2/h3-4,6H,5H2,1-2H3,(H,11,12);1-2H3. The SMILES string of the molecule is CC.COc1cc(CC(=O)O)cc(OC)c1. The van der Waals surface area contributed by atoms with E-state index in [0.717, 1.165) is 0 Å². The van der Waals surface area contributed by atoms with Crippen LogP contribution in [0.2, 0.25) is 0 Å². The molecule has 0 saturated carbocycles. The minimum Gasteiger partial charge on any atom is -0.497 e. The number of hydrogen-bond acceptors (Lipinski definition) is 3. The molecule has 0 amide bonds. The van der Waals surface area contributed by atoms with E-state index in [0.29, 0.717) is 17.1 Å². The van der Waals surface area contributed by atoms with Crippen LogP contribution in [-0.4, -0.2) is 25.3 Å². The van der Waals surface area contributed by atoms with Gasteiger partial charge in [0.1, 0.15) is 11.5 Å². The smallest absolute Gasteiger partial charge is 0.307 e. The van der Waals surface area contributed by atoms with Gasteiger partial charge in [0.2, 0.25) is 0 Å². The molecule has 0 spiro atoms. The molecule has 90 valence electrons. The number of aliphatic carboxylic acids is 1. The van der Waals surface area contributed by atoms with Crippen molar-refractivity contribution in [2.45, 2.75) is 20.3 Å². The lowest BCUT2D eigenvalue weighted by molar-refractivity contribution is -0.136. The fourth-order valence-electron chi connectivity index (χ4n) is 1.14. The van der Waals surface area contributed by atoms with Crippen molar-refractivity contribution >= 4 is 5.97 Å². The molecule has 4 heteroatoms. The molecule has 0 bridgehead atoms. The van der Waals surface area contributed by atoms with Gasteiger partial charge in [-0.1, -0.05) is 13.8 Å². The Balaban J connectivity index is 0.00000106. The van der Waals surface area contributed by atoms with Gasteiger partial charge >= 0.3 is 5.97 Å². The van der Waals surface area contributed by atoms with Gasteiger partial charge in [-0.25, -0.2) is 0 Å². The quantitative estimate of drug-likeness (QED) is 0.856. The van der Waals surface area contributed by atoms with E-state index in [1.807, 2.05) is 13.8 Å². The molecule has 0 aliphatic rings. The first-order valence-electron chi connectivity index (χ1n) is 5.09. The van der Waals surface area contributed by atoms with E-state index in [4.69, 9.17) is 14.6 Å². The van der Waals surface area contributed by atoms with Gasteiger partial charge in [0.05, 0.1) is 20.6 Å². The third-order valence-corrected chi connectivity index (χ3v) is 1.77. The van der Waals surface area contributed by atoms with Crippen molar-refractivity contribution in [3.8, 4) is 11.5 Å². The van der Waals surface area contributed by atoms with Gasteiger partial charge in [-0.2, -0.15) is 0 Å². The summed E-state index contributed by atoms with van der Waals surface area (Å²) in [6.07, 6.45) is -0.0342. The number of carbonyl (C=O) groups is 1. The fraction of sp³-hybridized carbons (Fsp3) is 0.417. The van der Waals surface area contributed by atoms with Crippen molar-refractivity contribution in [1.29, 1.82) is 0 Å². The second kappa shape index (κ2) is 7.56. The summed E-state index contributed by atoms with van der Waals surface area (Å²) in [7, 11) is 3.05. The van der Waals surface area contributed by atoms with Crippen molar-refractivity contribution in [1.82, 2.24) is 0 Å². The monoisotopic (exact) mass is 226 g/mol. The maximum absolute atomic E-state index is 10.5. The summed E-state index contributed by atoms with van der Waals surface area (Å²) in [4.78, 5) is 10.5. The number of carboxylic acids is 1. The molecular weight excluding hydrogens is 208 g/mol. The molecule has 0 aliphatic heterocycles. The molecule has 0 radical (unpaired) electrons. The highest BCUT2D eigenvalue weighted by Crippen LogP contribution is 2.22. The first-order chi connectivity index (χ1) is 7.65. The molecule has 0 unspecified atom stereocenters. The van der Waals surface area contributed by atoms with Gasteiger partial charge in [-0.3, -0.25) is 4.79 Å². The Morgan fingerprint density at radius 1 is 1.12 bits per heavy atom. The van der Waals surface area contributed by atoms with Crippen molar-refractivity contribution in [3.63, 3.8) is 0 Å².